The zero-order valence-corrected chi connectivity index (χ0v) is 19.6. The Morgan fingerprint density at radius 3 is 2.41 bits per heavy atom. The molecule has 4 N–H and O–H groups in total. The van der Waals surface area contributed by atoms with Gasteiger partial charge in [-0.25, -0.2) is 4.79 Å². The van der Waals surface area contributed by atoms with E-state index in [0.717, 1.165) is 5.56 Å². The van der Waals surface area contributed by atoms with Crippen molar-refractivity contribution < 1.29 is 28.6 Å². The maximum absolute atomic E-state index is 13.4. The molecule has 0 aliphatic carbocycles. The zero-order valence-electron chi connectivity index (χ0n) is 19.6. The second kappa shape index (κ2) is 10.9. The third kappa shape index (κ3) is 5.38. The molecule has 0 radical (unpaired) electrons. The molecule has 1 heterocycles. The maximum Gasteiger partial charge on any atom is 0.407 e. The van der Waals surface area contributed by atoms with Crippen LogP contribution in [-0.2, 0) is 20.9 Å². The molecule has 34 heavy (non-hydrogen) atoms. The van der Waals surface area contributed by atoms with Crippen molar-refractivity contribution in [2.45, 2.75) is 19.4 Å². The predicted molar refractivity (Wildman–Crippen MR) is 126 cm³/mol. The lowest BCUT2D eigenvalue weighted by molar-refractivity contribution is -0.141. The summed E-state index contributed by atoms with van der Waals surface area (Å²) in [5, 5.41) is 11.3. The predicted octanol–water partition coefficient (Wildman–Crippen LogP) is 1.40. The number of nitrogens with zero attached hydrogens (tertiary/aromatic N) is 1. The van der Waals surface area contributed by atoms with E-state index < -0.39 is 23.8 Å². The van der Waals surface area contributed by atoms with Crippen molar-refractivity contribution in [1.29, 1.82) is 0 Å². The zero-order chi connectivity index (χ0) is 24.7. The van der Waals surface area contributed by atoms with Crippen molar-refractivity contribution in [3.63, 3.8) is 0 Å². The quantitative estimate of drug-likeness (QED) is 0.244. The van der Waals surface area contributed by atoms with Crippen LogP contribution in [0.1, 0.15) is 12.5 Å². The average Bonchev–Trinajstić information content (AvgIpc) is 2.84. The molecule has 182 valence electrons. The second-order valence-corrected chi connectivity index (χ2v) is 7.39. The minimum Gasteiger partial charge on any atom is -0.448 e. The summed E-state index contributed by atoms with van der Waals surface area (Å²) in [6.45, 7) is 1.64. The summed E-state index contributed by atoms with van der Waals surface area (Å²) in [5.74, 6) is -1.85. The highest BCUT2D eigenvalue weighted by molar-refractivity contribution is 6.03. The molecular formula is C23H29N5O6. The SMILES string of the molecule is CNc1cc2c(cc1OC(C)=O)N(CCNC(=O)OCc1ccccc1)C(=O)C(NC)(NC)O2. The number of ether oxygens (including phenoxy) is 3. The van der Waals surface area contributed by atoms with Crippen LogP contribution in [0, 0.1) is 0 Å². The van der Waals surface area contributed by atoms with E-state index in [1.54, 1.807) is 33.3 Å². The van der Waals surface area contributed by atoms with E-state index in [1.165, 1.54) is 11.8 Å². The van der Waals surface area contributed by atoms with Gasteiger partial charge >= 0.3 is 18.0 Å². The number of amides is 2. The Morgan fingerprint density at radius 1 is 1.09 bits per heavy atom. The summed E-state index contributed by atoms with van der Waals surface area (Å²) in [4.78, 5) is 38.5. The molecule has 0 fully saturated rings. The monoisotopic (exact) mass is 471 g/mol. The number of carbonyl (C=O) groups excluding carboxylic acids is 3. The van der Waals surface area contributed by atoms with Crippen LogP contribution in [0.5, 0.6) is 11.5 Å². The Kier molecular flexibility index (Phi) is 7.92. The standard InChI is InChI=1S/C23H29N5O6/c1-15(29)33-19-13-18-20(12-17(19)24-2)34-23(25-3,26-4)21(30)28(18)11-10-27-22(31)32-14-16-8-6-5-7-9-16/h5-9,12-13,24-26H,10-11,14H2,1-4H3,(H,27,31). The molecule has 0 bridgehead atoms. The molecule has 11 heteroatoms. The van der Waals surface area contributed by atoms with Gasteiger partial charge < -0.3 is 29.7 Å². The fraction of sp³-hybridized carbons (Fsp3) is 0.348. The summed E-state index contributed by atoms with van der Waals surface area (Å²) < 4.78 is 16.5. The summed E-state index contributed by atoms with van der Waals surface area (Å²) >= 11 is 0. The number of fused-ring (bicyclic) bond motifs is 1. The largest absolute Gasteiger partial charge is 0.448 e. The summed E-state index contributed by atoms with van der Waals surface area (Å²) in [7, 11) is 4.85. The molecule has 3 rings (SSSR count). The molecule has 1 aliphatic heterocycles. The number of hydrogen-bond donors (Lipinski definition) is 4. The van der Waals surface area contributed by atoms with Crippen molar-refractivity contribution in [3.8, 4) is 11.5 Å². The lowest BCUT2D eigenvalue weighted by Gasteiger charge is -2.42. The molecular weight excluding hydrogens is 442 g/mol. The van der Waals surface area contributed by atoms with Gasteiger partial charge in [-0.3, -0.25) is 20.2 Å². The number of rotatable bonds is 9. The van der Waals surface area contributed by atoms with Crippen LogP contribution >= 0.6 is 0 Å². The molecule has 2 amide bonds. The normalized spacial score (nSPS) is 14.0. The highest BCUT2D eigenvalue weighted by atomic mass is 16.6. The lowest BCUT2D eigenvalue weighted by Crippen LogP contribution is -2.70. The lowest BCUT2D eigenvalue weighted by atomic mass is 10.1. The Labute approximate surface area is 197 Å². The van der Waals surface area contributed by atoms with Gasteiger partial charge in [-0.1, -0.05) is 30.3 Å². The Hall–Kier alpha value is -3.83. The number of hydrogen-bond acceptors (Lipinski definition) is 9. The molecule has 0 saturated heterocycles. The Bertz CT molecular complexity index is 1040. The van der Waals surface area contributed by atoms with Crippen LogP contribution in [0.15, 0.2) is 42.5 Å². The van der Waals surface area contributed by atoms with Crippen LogP contribution in [-0.4, -0.2) is 58.1 Å². The van der Waals surface area contributed by atoms with E-state index >= 15 is 0 Å². The van der Waals surface area contributed by atoms with Crippen molar-refractivity contribution in [3.05, 3.63) is 48.0 Å². The number of benzene rings is 2. The number of carbonyl (C=O) groups is 3. The minimum atomic E-state index is -1.52. The molecule has 2 aromatic carbocycles. The van der Waals surface area contributed by atoms with Gasteiger partial charge in [0.15, 0.2) is 5.75 Å². The number of likely N-dealkylation sites (N-methyl/N-ethyl adjacent to an activating group) is 2. The van der Waals surface area contributed by atoms with Gasteiger partial charge in [0.2, 0.25) is 0 Å². The molecule has 1 aliphatic rings. The molecule has 0 spiro atoms. The Balaban J connectivity index is 1.78. The van der Waals surface area contributed by atoms with Gasteiger partial charge in [0.05, 0.1) is 11.4 Å². The van der Waals surface area contributed by atoms with Crippen molar-refractivity contribution in [2.24, 2.45) is 0 Å². The van der Waals surface area contributed by atoms with Gasteiger partial charge in [0.1, 0.15) is 12.4 Å². The van der Waals surface area contributed by atoms with Gasteiger partial charge in [-0.15, -0.1) is 0 Å². The first-order chi connectivity index (χ1) is 16.3. The van der Waals surface area contributed by atoms with Crippen molar-refractivity contribution >= 4 is 29.3 Å². The fourth-order valence-electron chi connectivity index (χ4n) is 3.49. The molecule has 0 unspecified atom stereocenters. The highest BCUT2D eigenvalue weighted by Crippen LogP contribution is 2.42. The van der Waals surface area contributed by atoms with Gasteiger partial charge in [0.25, 0.3) is 5.85 Å². The van der Waals surface area contributed by atoms with E-state index in [4.69, 9.17) is 14.2 Å². The van der Waals surface area contributed by atoms with Crippen LogP contribution in [0.25, 0.3) is 0 Å². The van der Waals surface area contributed by atoms with E-state index in [1.807, 2.05) is 30.3 Å². The minimum absolute atomic E-state index is 0.110. The topological polar surface area (TPSA) is 130 Å². The van der Waals surface area contributed by atoms with Crippen molar-refractivity contribution in [2.75, 3.05) is 44.4 Å². The van der Waals surface area contributed by atoms with Crippen LogP contribution in [0.4, 0.5) is 16.2 Å². The summed E-state index contributed by atoms with van der Waals surface area (Å²) in [6.07, 6.45) is -0.607. The van der Waals surface area contributed by atoms with Gasteiger partial charge in [-0.05, 0) is 19.7 Å². The molecule has 2 aromatic rings. The number of esters is 1. The van der Waals surface area contributed by atoms with E-state index in [0.29, 0.717) is 17.1 Å². The molecule has 11 nitrogen and oxygen atoms in total. The van der Waals surface area contributed by atoms with E-state index in [2.05, 4.69) is 21.3 Å². The third-order valence-electron chi connectivity index (χ3n) is 5.21. The Morgan fingerprint density at radius 2 is 1.79 bits per heavy atom. The number of anilines is 2. The molecule has 0 atom stereocenters. The fourth-order valence-corrected chi connectivity index (χ4v) is 3.49. The van der Waals surface area contributed by atoms with Gasteiger partial charge in [-0.2, -0.15) is 0 Å². The second-order valence-electron chi connectivity index (χ2n) is 7.39. The summed E-state index contributed by atoms with van der Waals surface area (Å²) in [5.41, 5.74) is 1.76. The number of nitrogens with one attached hydrogen (secondary N) is 4. The van der Waals surface area contributed by atoms with Gasteiger partial charge in [0, 0.05) is 39.2 Å². The van der Waals surface area contributed by atoms with Crippen LogP contribution < -0.4 is 35.6 Å². The summed E-state index contributed by atoms with van der Waals surface area (Å²) in [6, 6.07) is 12.5. The van der Waals surface area contributed by atoms with Crippen LogP contribution in [0.3, 0.4) is 0 Å². The van der Waals surface area contributed by atoms with E-state index in [-0.39, 0.29) is 25.4 Å². The third-order valence-corrected chi connectivity index (χ3v) is 5.21. The van der Waals surface area contributed by atoms with E-state index in [9.17, 15) is 14.4 Å². The van der Waals surface area contributed by atoms with Crippen molar-refractivity contribution in [1.82, 2.24) is 16.0 Å². The first kappa shape index (κ1) is 24.8. The first-order valence-corrected chi connectivity index (χ1v) is 10.7. The first-order valence-electron chi connectivity index (χ1n) is 10.7. The highest BCUT2D eigenvalue weighted by Gasteiger charge is 2.47. The smallest absolute Gasteiger partial charge is 0.407 e. The maximum atomic E-state index is 13.4. The molecule has 0 aromatic heterocycles. The number of alkyl carbamates (subject to hydrolysis) is 1. The van der Waals surface area contributed by atoms with Crippen LogP contribution in [0.2, 0.25) is 0 Å². The average molecular weight is 472 g/mol. The molecule has 0 saturated carbocycles.